The number of aromatic nitrogens is 2. The largest absolute Gasteiger partial charge is 0.370 e. The van der Waals surface area contributed by atoms with E-state index in [1.54, 1.807) is 0 Å². The van der Waals surface area contributed by atoms with Gasteiger partial charge in [-0.1, -0.05) is 25.7 Å². The molecule has 2 aliphatic rings. The standard InChI is InChI=1S/C15H25N5/c1-10-13(17-9-8-11-4-2-3-5-11)18-15(12-6-7-12)19-14(10)20-16/h11-12H,2-9,16H2,1H3,(H2,17,18,19,20). The zero-order chi connectivity index (χ0) is 13.9. The Morgan fingerprint density at radius 3 is 2.45 bits per heavy atom. The van der Waals surface area contributed by atoms with E-state index in [1.165, 1.54) is 44.9 Å². The van der Waals surface area contributed by atoms with E-state index in [1.807, 2.05) is 6.92 Å². The molecule has 110 valence electrons. The van der Waals surface area contributed by atoms with Crippen LogP contribution in [0.3, 0.4) is 0 Å². The van der Waals surface area contributed by atoms with Crippen LogP contribution < -0.4 is 16.6 Å². The topological polar surface area (TPSA) is 75.9 Å². The fraction of sp³-hybridized carbons (Fsp3) is 0.733. The zero-order valence-corrected chi connectivity index (χ0v) is 12.3. The minimum absolute atomic E-state index is 0.540. The number of rotatable bonds is 6. The van der Waals surface area contributed by atoms with Crippen molar-refractivity contribution in [2.45, 2.75) is 57.8 Å². The van der Waals surface area contributed by atoms with Crippen molar-refractivity contribution in [3.05, 3.63) is 11.4 Å². The molecule has 0 spiro atoms. The number of nitrogens with one attached hydrogen (secondary N) is 2. The molecule has 2 aliphatic carbocycles. The number of hydrogen-bond donors (Lipinski definition) is 3. The average molecular weight is 275 g/mol. The van der Waals surface area contributed by atoms with Crippen LogP contribution in [0.5, 0.6) is 0 Å². The van der Waals surface area contributed by atoms with Gasteiger partial charge in [0.05, 0.1) is 0 Å². The fourth-order valence-corrected chi connectivity index (χ4v) is 3.06. The summed E-state index contributed by atoms with van der Waals surface area (Å²) in [5.74, 6) is 9.66. The van der Waals surface area contributed by atoms with E-state index in [9.17, 15) is 0 Å². The molecule has 1 heterocycles. The van der Waals surface area contributed by atoms with Gasteiger partial charge in [-0.15, -0.1) is 0 Å². The van der Waals surface area contributed by atoms with Gasteiger partial charge in [-0.2, -0.15) is 0 Å². The van der Waals surface area contributed by atoms with E-state index in [4.69, 9.17) is 5.84 Å². The van der Waals surface area contributed by atoms with E-state index in [-0.39, 0.29) is 0 Å². The smallest absolute Gasteiger partial charge is 0.148 e. The van der Waals surface area contributed by atoms with Crippen molar-refractivity contribution in [3.63, 3.8) is 0 Å². The molecular formula is C15H25N5. The van der Waals surface area contributed by atoms with Gasteiger partial charge in [-0.25, -0.2) is 15.8 Å². The fourth-order valence-electron chi connectivity index (χ4n) is 3.06. The Morgan fingerprint density at radius 2 is 1.80 bits per heavy atom. The highest BCUT2D eigenvalue weighted by atomic mass is 15.3. The summed E-state index contributed by atoms with van der Waals surface area (Å²) in [7, 11) is 0. The summed E-state index contributed by atoms with van der Waals surface area (Å²) in [5, 5.41) is 3.49. The third kappa shape index (κ3) is 3.03. The first-order valence-electron chi connectivity index (χ1n) is 7.87. The van der Waals surface area contributed by atoms with Crippen LogP contribution in [-0.2, 0) is 0 Å². The van der Waals surface area contributed by atoms with Gasteiger partial charge < -0.3 is 10.7 Å². The Kier molecular flexibility index (Phi) is 4.05. The minimum atomic E-state index is 0.540. The maximum atomic E-state index is 5.57. The van der Waals surface area contributed by atoms with Gasteiger partial charge in [0.1, 0.15) is 17.5 Å². The summed E-state index contributed by atoms with van der Waals surface area (Å²) in [6.07, 6.45) is 9.26. The lowest BCUT2D eigenvalue weighted by molar-refractivity contribution is 0.518. The van der Waals surface area contributed by atoms with Crippen molar-refractivity contribution >= 4 is 11.6 Å². The molecule has 3 rings (SSSR count). The van der Waals surface area contributed by atoms with Crippen LogP contribution in [0.25, 0.3) is 0 Å². The molecule has 0 aliphatic heterocycles. The molecule has 20 heavy (non-hydrogen) atoms. The van der Waals surface area contributed by atoms with Gasteiger partial charge in [-0.05, 0) is 32.1 Å². The van der Waals surface area contributed by atoms with Gasteiger partial charge in [0.15, 0.2) is 0 Å². The van der Waals surface area contributed by atoms with E-state index in [0.29, 0.717) is 5.92 Å². The summed E-state index contributed by atoms with van der Waals surface area (Å²) < 4.78 is 0. The molecule has 1 aromatic rings. The van der Waals surface area contributed by atoms with Crippen LogP contribution in [0.2, 0.25) is 0 Å². The average Bonchev–Trinajstić information content (AvgIpc) is 3.18. The highest BCUT2D eigenvalue weighted by Gasteiger charge is 2.28. The molecule has 5 heteroatoms. The van der Waals surface area contributed by atoms with E-state index in [2.05, 4.69) is 20.7 Å². The van der Waals surface area contributed by atoms with Crippen LogP contribution in [0.15, 0.2) is 0 Å². The molecule has 0 bridgehead atoms. The molecule has 0 aromatic carbocycles. The molecular weight excluding hydrogens is 250 g/mol. The Hall–Kier alpha value is -1.36. The Morgan fingerprint density at radius 1 is 1.10 bits per heavy atom. The predicted molar refractivity (Wildman–Crippen MR) is 81.6 cm³/mol. The number of hydrogen-bond acceptors (Lipinski definition) is 5. The number of nitrogens with two attached hydrogens (primary N) is 1. The summed E-state index contributed by atoms with van der Waals surface area (Å²) >= 11 is 0. The highest BCUT2D eigenvalue weighted by molar-refractivity contribution is 5.57. The van der Waals surface area contributed by atoms with Crippen LogP contribution in [0.1, 0.15) is 62.3 Å². The molecule has 2 saturated carbocycles. The third-order valence-electron chi connectivity index (χ3n) is 4.56. The normalized spacial score (nSPS) is 19.3. The van der Waals surface area contributed by atoms with Gasteiger partial charge in [0.25, 0.3) is 0 Å². The van der Waals surface area contributed by atoms with E-state index in [0.717, 1.165) is 35.5 Å². The lowest BCUT2D eigenvalue weighted by Crippen LogP contribution is -2.16. The zero-order valence-electron chi connectivity index (χ0n) is 12.3. The minimum Gasteiger partial charge on any atom is -0.370 e. The molecule has 0 amide bonds. The van der Waals surface area contributed by atoms with Crippen molar-refractivity contribution in [2.24, 2.45) is 11.8 Å². The maximum Gasteiger partial charge on any atom is 0.148 e. The van der Waals surface area contributed by atoms with Crippen LogP contribution >= 0.6 is 0 Å². The summed E-state index contributed by atoms with van der Waals surface area (Å²) in [6.45, 7) is 3.01. The first-order valence-corrected chi connectivity index (χ1v) is 7.87. The molecule has 0 unspecified atom stereocenters. The second-order valence-corrected chi connectivity index (χ2v) is 6.19. The van der Waals surface area contributed by atoms with Gasteiger partial charge in [0, 0.05) is 18.0 Å². The number of nitrogen functional groups attached to an aromatic ring is 1. The lowest BCUT2D eigenvalue weighted by atomic mass is 10.0. The molecule has 1 aromatic heterocycles. The molecule has 5 nitrogen and oxygen atoms in total. The molecule has 0 atom stereocenters. The molecule has 4 N–H and O–H groups in total. The van der Waals surface area contributed by atoms with Crippen LogP contribution in [-0.4, -0.2) is 16.5 Å². The van der Waals surface area contributed by atoms with E-state index >= 15 is 0 Å². The second-order valence-electron chi connectivity index (χ2n) is 6.19. The molecule has 2 fully saturated rings. The number of hydrazine groups is 1. The first kappa shape index (κ1) is 13.6. The summed E-state index contributed by atoms with van der Waals surface area (Å²) in [6, 6.07) is 0. The number of nitrogens with zero attached hydrogens (tertiary/aromatic N) is 2. The van der Waals surface area contributed by atoms with E-state index < -0.39 is 0 Å². The summed E-state index contributed by atoms with van der Waals surface area (Å²) in [4.78, 5) is 9.20. The lowest BCUT2D eigenvalue weighted by Gasteiger charge is -2.15. The van der Waals surface area contributed by atoms with Crippen molar-refractivity contribution in [1.82, 2.24) is 9.97 Å². The number of anilines is 2. The quantitative estimate of drug-likeness (QED) is 0.550. The second kappa shape index (κ2) is 5.95. The maximum absolute atomic E-state index is 5.57. The monoisotopic (exact) mass is 275 g/mol. The Labute approximate surface area is 120 Å². The van der Waals surface area contributed by atoms with Crippen molar-refractivity contribution in [2.75, 3.05) is 17.3 Å². The summed E-state index contributed by atoms with van der Waals surface area (Å²) in [5.41, 5.74) is 3.72. The van der Waals surface area contributed by atoms with Crippen molar-refractivity contribution in [3.8, 4) is 0 Å². The van der Waals surface area contributed by atoms with Crippen molar-refractivity contribution < 1.29 is 0 Å². The Bertz CT molecular complexity index is 464. The van der Waals surface area contributed by atoms with Gasteiger partial charge in [0.2, 0.25) is 0 Å². The van der Waals surface area contributed by atoms with Crippen LogP contribution in [0.4, 0.5) is 11.6 Å². The third-order valence-corrected chi connectivity index (χ3v) is 4.56. The predicted octanol–water partition coefficient (Wildman–Crippen LogP) is 2.94. The van der Waals surface area contributed by atoms with Crippen molar-refractivity contribution in [1.29, 1.82) is 0 Å². The first-order chi connectivity index (χ1) is 9.78. The Balaban J connectivity index is 1.65. The molecule has 0 saturated heterocycles. The van der Waals surface area contributed by atoms with Gasteiger partial charge in [-0.3, -0.25) is 0 Å². The van der Waals surface area contributed by atoms with Gasteiger partial charge >= 0.3 is 0 Å². The SMILES string of the molecule is Cc1c(NN)nc(C2CC2)nc1NCCC1CCCC1. The van der Waals surface area contributed by atoms with Crippen LogP contribution in [0, 0.1) is 12.8 Å². The molecule has 0 radical (unpaired) electrons. The highest BCUT2D eigenvalue weighted by Crippen LogP contribution is 2.39.